The van der Waals surface area contributed by atoms with Crippen molar-refractivity contribution < 1.29 is 17.2 Å². The van der Waals surface area contributed by atoms with E-state index in [0.717, 1.165) is 18.2 Å². The van der Waals surface area contributed by atoms with Crippen molar-refractivity contribution in [2.45, 2.75) is 4.90 Å². The lowest BCUT2D eigenvalue weighted by molar-refractivity contribution is 0.508. The monoisotopic (exact) mass is 339 g/mol. The molecular weight excluding hydrogens is 332 g/mol. The molecule has 0 radical (unpaired) electrons. The van der Waals surface area contributed by atoms with Crippen molar-refractivity contribution in [3.63, 3.8) is 0 Å². The second kappa shape index (κ2) is 6.26. The van der Waals surface area contributed by atoms with Gasteiger partial charge < -0.3 is 0 Å². The zero-order valence-electron chi connectivity index (χ0n) is 10.9. The summed E-state index contributed by atoms with van der Waals surface area (Å²) in [4.78, 5) is -0.701. The third-order valence-corrected chi connectivity index (χ3v) is 4.70. The predicted octanol–water partition coefficient (Wildman–Crippen LogP) is 3.96. The first-order valence-electron chi connectivity index (χ1n) is 5.92. The quantitative estimate of drug-likeness (QED) is 0.795. The lowest BCUT2D eigenvalue weighted by Gasteiger charge is -2.03. The van der Waals surface area contributed by atoms with E-state index in [1.807, 2.05) is 0 Å². The smallest absolute Gasteiger partial charge is 0.216 e. The van der Waals surface area contributed by atoms with Crippen molar-refractivity contribution in [3.8, 4) is 6.07 Å². The van der Waals surface area contributed by atoms with Crippen LogP contribution in [0.15, 0.2) is 52.3 Å². The Balaban J connectivity index is 2.51. The molecule has 0 atom stereocenters. The van der Waals surface area contributed by atoms with Gasteiger partial charge in [0.05, 0.1) is 4.90 Å². The van der Waals surface area contributed by atoms with Crippen LogP contribution in [0.1, 0.15) is 5.56 Å². The highest BCUT2D eigenvalue weighted by atomic mass is 35.5. The van der Waals surface area contributed by atoms with Crippen molar-refractivity contribution in [1.82, 2.24) is 0 Å². The molecule has 0 amide bonds. The number of nitriles is 1. The highest BCUT2D eigenvalue weighted by Crippen LogP contribution is 2.23. The van der Waals surface area contributed by atoms with Gasteiger partial charge in [0.25, 0.3) is 0 Å². The summed E-state index contributed by atoms with van der Waals surface area (Å²) in [5.74, 6) is -2.19. The molecule has 22 heavy (non-hydrogen) atoms. The van der Waals surface area contributed by atoms with Crippen LogP contribution in [0.25, 0.3) is 6.08 Å². The molecule has 0 fully saturated rings. The van der Waals surface area contributed by atoms with Gasteiger partial charge in [-0.1, -0.05) is 17.7 Å². The van der Waals surface area contributed by atoms with E-state index in [2.05, 4.69) is 0 Å². The first-order chi connectivity index (χ1) is 10.3. The summed E-state index contributed by atoms with van der Waals surface area (Å²) in [7, 11) is -4.06. The molecule has 0 aliphatic carbocycles. The van der Waals surface area contributed by atoms with E-state index < -0.39 is 26.4 Å². The molecule has 3 nitrogen and oxygen atoms in total. The Labute approximate surface area is 131 Å². The molecule has 2 aromatic carbocycles. The average Bonchev–Trinajstić information content (AvgIpc) is 2.48. The van der Waals surface area contributed by atoms with Crippen molar-refractivity contribution >= 4 is 27.5 Å². The van der Waals surface area contributed by atoms with Crippen LogP contribution in [0.3, 0.4) is 0 Å². The van der Waals surface area contributed by atoms with E-state index in [1.54, 1.807) is 6.07 Å². The van der Waals surface area contributed by atoms with Crippen LogP contribution in [0.4, 0.5) is 8.78 Å². The Morgan fingerprint density at radius 1 is 1.09 bits per heavy atom. The van der Waals surface area contributed by atoms with Crippen LogP contribution in [0, 0.1) is 23.0 Å². The van der Waals surface area contributed by atoms with Crippen molar-refractivity contribution in [2.75, 3.05) is 0 Å². The fraction of sp³-hybridized carbons (Fsp3) is 0. The predicted molar refractivity (Wildman–Crippen MR) is 78.6 cm³/mol. The topological polar surface area (TPSA) is 57.9 Å². The standard InChI is InChI=1S/C15H8ClF2NO2S/c16-11-2-4-12(5-3-11)22(20,21)13(9-19)7-10-1-6-14(17)15(18)8-10/h1-8H/b13-7+. The number of benzene rings is 2. The number of halogens is 3. The molecule has 112 valence electrons. The molecule has 0 saturated carbocycles. The average molecular weight is 340 g/mol. The van der Waals surface area contributed by atoms with Crippen LogP contribution in [-0.4, -0.2) is 8.42 Å². The third kappa shape index (κ3) is 3.32. The van der Waals surface area contributed by atoms with Crippen LogP contribution < -0.4 is 0 Å². The SMILES string of the molecule is N#C/C(=C\c1ccc(F)c(F)c1)S(=O)(=O)c1ccc(Cl)cc1. The maximum absolute atomic E-state index is 13.1. The van der Waals surface area contributed by atoms with Crippen LogP contribution in [0.2, 0.25) is 5.02 Å². The van der Waals surface area contributed by atoms with E-state index in [0.29, 0.717) is 5.02 Å². The molecule has 0 aliphatic rings. The minimum absolute atomic E-state index is 0.0630. The molecule has 0 aliphatic heterocycles. The molecule has 2 aromatic rings. The largest absolute Gasteiger partial charge is 0.218 e. The Morgan fingerprint density at radius 3 is 2.27 bits per heavy atom. The zero-order chi connectivity index (χ0) is 16.3. The van der Waals surface area contributed by atoms with Gasteiger partial charge in [-0.2, -0.15) is 5.26 Å². The van der Waals surface area contributed by atoms with E-state index in [4.69, 9.17) is 16.9 Å². The molecule has 0 spiro atoms. The molecule has 0 saturated heterocycles. The molecule has 7 heteroatoms. The molecule has 0 unspecified atom stereocenters. The fourth-order valence-corrected chi connectivity index (χ4v) is 2.95. The number of rotatable bonds is 3. The third-order valence-electron chi connectivity index (χ3n) is 2.77. The van der Waals surface area contributed by atoms with Gasteiger partial charge in [0.15, 0.2) is 11.6 Å². The van der Waals surface area contributed by atoms with Crippen molar-refractivity contribution in [1.29, 1.82) is 5.26 Å². The first-order valence-corrected chi connectivity index (χ1v) is 7.78. The number of hydrogen-bond acceptors (Lipinski definition) is 3. The van der Waals surface area contributed by atoms with Crippen molar-refractivity contribution in [3.05, 3.63) is 69.6 Å². The summed E-state index contributed by atoms with van der Waals surface area (Å²) in [5, 5.41) is 9.42. The van der Waals surface area contributed by atoms with E-state index in [-0.39, 0.29) is 10.5 Å². The van der Waals surface area contributed by atoms with E-state index >= 15 is 0 Å². The molecule has 0 aromatic heterocycles. The number of sulfone groups is 1. The maximum Gasteiger partial charge on any atom is 0.216 e. The molecule has 0 bridgehead atoms. The van der Waals surface area contributed by atoms with E-state index in [1.165, 1.54) is 30.3 Å². The van der Waals surface area contributed by atoms with E-state index in [9.17, 15) is 17.2 Å². The number of hydrogen-bond donors (Lipinski definition) is 0. The fourth-order valence-electron chi connectivity index (χ4n) is 1.66. The second-order valence-electron chi connectivity index (χ2n) is 4.25. The van der Waals surface area contributed by atoms with Crippen LogP contribution in [0.5, 0.6) is 0 Å². The maximum atomic E-state index is 13.1. The highest BCUT2D eigenvalue weighted by molar-refractivity contribution is 7.95. The summed E-state index contributed by atoms with van der Waals surface area (Å²) >= 11 is 5.69. The Hall–Kier alpha value is -2.23. The Bertz CT molecular complexity index is 885. The summed E-state index contributed by atoms with van der Waals surface area (Å²) in [6, 6.07) is 9.67. The summed E-state index contributed by atoms with van der Waals surface area (Å²) < 4.78 is 50.7. The van der Waals surface area contributed by atoms with Gasteiger partial charge in [-0.3, -0.25) is 0 Å². The molecule has 0 N–H and O–H groups in total. The van der Waals surface area contributed by atoms with Crippen LogP contribution >= 0.6 is 11.6 Å². The lowest BCUT2D eigenvalue weighted by Crippen LogP contribution is -2.03. The summed E-state index contributed by atoms with van der Waals surface area (Å²) in [6.07, 6.45) is 0.979. The molecule has 0 heterocycles. The van der Waals surface area contributed by atoms with Gasteiger partial charge in [0, 0.05) is 5.02 Å². The highest BCUT2D eigenvalue weighted by Gasteiger charge is 2.20. The number of allylic oxidation sites excluding steroid dienone is 1. The van der Waals surface area contributed by atoms with Gasteiger partial charge in [0.1, 0.15) is 11.0 Å². The zero-order valence-corrected chi connectivity index (χ0v) is 12.5. The van der Waals surface area contributed by atoms with Gasteiger partial charge in [-0.15, -0.1) is 0 Å². The van der Waals surface area contributed by atoms with Gasteiger partial charge in [-0.05, 0) is 48.0 Å². The Kier molecular flexibility index (Phi) is 4.59. The van der Waals surface area contributed by atoms with Gasteiger partial charge >= 0.3 is 0 Å². The lowest BCUT2D eigenvalue weighted by atomic mass is 10.2. The van der Waals surface area contributed by atoms with Crippen molar-refractivity contribution in [2.24, 2.45) is 0 Å². The van der Waals surface area contributed by atoms with Gasteiger partial charge in [-0.25, -0.2) is 17.2 Å². The first kappa shape index (κ1) is 16.1. The van der Waals surface area contributed by atoms with Crippen LogP contribution in [-0.2, 0) is 9.84 Å². The minimum Gasteiger partial charge on any atom is -0.218 e. The molecular formula is C15H8ClF2NO2S. The summed E-state index contributed by atoms with van der Waals surface area (Å²) in [6.45, 7) is 0. The Morgan fingerprint density at radius 2 is 1.73 bits per heavy atom. The number of nitrogens with zero attached hydrogens (tertiary/aromatic N) is 1. The minimum atomic E-state index is -4.06. The normalized spacial score (nSPS) is 12.0. The van der Waals surface area contributed by atoms with Gasteiger partial charge in [0.2, 0.25) is 9.84 Å². The molecule has 2 rings (SSSR count). The second-order valence-corrected chi connectivity index (χ2v) is 6.61. The summed E-state index contributed by atoms with van der Waals surface area (Å²) in [5.41, 5.74) is 0.0630.